The van der Waals surface area contributed by atoms with Crippen molar-refractivity contribution in [2.75, 3.05) is 12.0 Å². The molecule has 7 rings (SSSR count). The fourth-order valence-corrected chi connectivity index (χ4v) is 5.91. The Hall–Kier alpha value is -3.73. The Morgan fingerprint density at radius 2 is 1.28 bits per heavy atom. The number of imide groups is 1. The zero-order valence-electron chi connectivity index (χ0n) is 17.6. The van der Waals surface area contributed by atoms with Gasteiger partial charge in [-0.2, -0.15) is 0 Å². The monoisotopic (exact) mass is 422 g/mol. The lowest BCUT2D eigenvalue weighted by Gasteiger charge is -2.45. The van der Waals surface area contributed by atoms with Gasteiger partial charge in [-0.15, -0.1) is 0 Å². The van der Waals surface area contributed by atoms with E-state index in [9.17, 15) is 14.4 Å². The van der Waals surface area contributed by atoms with Crippen LogP contribution in [0.25, 0.3) is 0 Å². The highest BCUT2D eigenvalue weighted by Crippen LogP contribution is 2.60. The summed E-state index contributed by atoms with van der Waals surface area (Å²) in [6, 6.07) is 23.6. The summed E-state index contributed by atoms with van der Waals surface area (Å²) in [5, 5.41) is 3.18. The van der Waals surface area contributed by atoms with E-state index in [2.05, 4.69) is 29.6 Å². The number of hydrogen-bond acceptors (Lipinski definition) is 4. The summed E-state index contributed by atoms with van der Waals surface area (Å²) in [4.78, 5) is 40.2. The molecule has 0 aromatic heterocycles. The number of nitrogens with one attached hydrogen (secondary N) is 1. The van der Waals surface area contributed by atoms with Crippen LogP contribution in [-0.4, -0.2) is 29.2 Å². The van der Waals surface area contributed by atoms with Gasteiger partial charge in [-0.25, -0.2) is 0 Å². The second-order valence-electron chi connectivity index (χ2n) is 8.84. The van der Waals surface area contributed by atoms with Gasteiger partial charge in [0.05, 0.1) is 18.5 Å². The predicted molar refractivity (Wildman–Crippen MR) is 120 cm³/mol. The van der Waals surface area contributed by atoms with Gasteiger partial charge in [-0.1, -0.05) is 60.7 Å². The van der Waals surface area contributed by atoms with E-state index >= 15 is 0 Å². The smallest absolute Gasteiger partial charge is 0.235 e. The average molecular weight is 422 g/mol. The van der Waals surface area contributed by atoms with Crippen LogP contribution in [-0.2, 0) is 9.59 Å². The normalized spacial score (nSPS) is 24.7. The Balaban J connectivity index is 1.36. The van der Waals surface area contributed by atoms with Gasteiger partial charge in [0.15, 0.2) is 5.78 Å². The van der Waals surface area contributed by atoms with Gasteiger partial charge in [0, 0.05) is 23.1 Å². The molecular weight excluding hydrogens is 400 g/mol. The Labute approximate surface area is 186 Å². The van der Waals surface area contributed by atoms with Crippen molar-refractivity contribution in [3.63, 3.8) is 0 Å². The van der Waals surface area contributed by atoms with Gasteiger partial charge >= 0.3 is 0 Å². The summed E-state index contributed by atoms with van der Waals surface area (Å²) in [6.45, 7) is 1.61. The molecule has 0 saturated carbocycles. The Bertz CT molecular complexity index is 1180. The first kappa shape index (κ1) is 19.0. The number of ketones is 1. The van der Waals surface area contributed by atoms with Crippen LogP contribution in [0.1, 0.15) is 51.4 Å². The second kappa shape index (κ2) is 6.89. The van der Waals surface area contributed by atoms with Crippen LogP contribution < -0.4 is 5.32 Å². The third-order valence-corrected chi connectivity index (χ3v) is 7.25. The third kappa shape index (κ3) is 2.54. The number of hydrogen-bond donors (Lipinski definition) is 1. The highest BCUT2D eigenvalue weighted by Gasteiger charge is 2.61. The molecule has 158 valence electrons. The number of likely N-dealkylation sites (tertiary alicyclic amines) is 1. The maximum Gasteiger partial charge on any atom is 0.235 e. The Kier molecular flexibility index (Phi) is 4.09. The van der Waals surface area contributed by atoms with Crippen molar-refractivity contribution >= 4 is 23.3 Å². The van der Waals surface area contributed by atoms with Crippen molar-refractivity contribution < 1.29 is 14.4 Å². The van der Waals surface area contributed by atoms with E-state index < -0.39 is 0 Å². The summed E-state index contributed by atoms with van der Waals surface area (Å²) in [6.07, 6.45) is 0. The number of rotatable bonds is 4. The SMILES string of the molecule is CC(=O)c1cccc(NCN2C(=O)[C@@H]3C4c5ccccc5C(c5ccccc54)[C@@H]3C2=O)c1. The van der Waals surface area contributed by atoms with Crippen LogP contribution in [0, 0.1) is 11.8 Å². The van der Waals surface area contributed by atoms with Crippen molar-refractivity contribution in [2.45, 2.75) is 18.8 Å². The molecule has 0 radical (unpaired) electrons. The minimum atomic E-state index is -0.373. The topological polar surface area (TPSA) is 66.5 Å². The summed E-state index contributed by atoms with van der Waals surface area (Å²) in [5.74, 6) is -1.20. The fourth-order valence-electron chi connectivity index (χ4n) is 5.91. The highest BCUT2D eigenvalue weighted by molar-refractivity contribution is 6.07. The van der Waals surface area contributed by atoms with Crippen LogP contribution in [0.5, 0.6) is 0 Å². The van der Waals surface area contributed by atoms with Crippen LogP contribution in [0.2, 0.25) is 0 Å². The van der Waals surface area contributed by atoms with Gasteiger partial charge < -0.3 is 5.32 Å². The molecule has 3 aliphatic carbocycles. The maximum atomic E-state index is 13.6. The maximum absolute atomic E-state index is 13.6. The van der Waals surface area contributed by atoms with E-state index in [1.807, 2.05) is 30.3 Å². The van der Waals surface area contributed by atoms with Crippen molar-refractivity contribution in [3.05, 3.63) is 101 Å². The average Bonchev–Trinajstić information content (AvgIpc) is 3.08. The van der Waals surface area contributed by atoms with E-state index in [1.54, 1.807) is 18.2 Å². The minimum absolute atomic E-state index is 0.0277. The first-order valence-corrected chi connectivity index (χ1v) is 10.9. The van der Waals surface area contributed by atoms with Crippen molar-refractivity contribution in [1.29, 1.82) is 0 Å². The van der Waals surface area contributed by atoms with E-state index in [-0.39, 0.29) is 47.9 Å². The van der Waals surface area contributed by atoms with Crippen LogP contribution >= 0.6 is 0 Å². The lowest BCUT2D eigenvalue weighted by Crippen LogP contribution is -2.41. The lowest BCUT2D eigenvalue weighted by molar-refractivity contribution is -0.139. The number of carbonyl (C=O) groups excluding carboxylic acids is 3. The predicted octanol–water partition coefficient (Wildman–Crippen LogP) is 4.15. The molecule has 5 nitrogen and oxygen atoms in total. The molecule has 2 bridgehead atoms. The number of benzene rings is 3. The van der Waals surface area contributed by atoms with Gasteiger partial charge in [0.1, 0.15) is 0 Å². The highest BCUT2D eigenvalue weighted by atomic mass is 16.2. The van der Waals surface area contributed by atoms with Crippen molar-refractivity contribution in [1.82, 2.24) is 4.90 Å². The molecular formula is C27H22N2O3. The van der Waals surface area contributed by atoms with E-state index in [0.717, 1.165) is 0 Å². The standard InChI is InChI=1S/C27H22N2O3/c1-15(30)16-7-6-8-17(13-16)28-14-29-26(31)24-22-18-9-2-3-10-19(18)23(25(24)27(29)32)21-12-5-4-11-20(21)22/h2-13,22-25,28H,14H2,1H3/t22?,23?,24-,25+. The molecule has 3 aromatic carbocycles. The quantitative estimate of drug-likeness (QED) is 0.507. The number of Topliss-reactive ketones (excluding diaryl/α,β-unsaturated/α-hetero) is 1. The van der Waals surface area contributed by atoms with Gasteiger partial charge in [-0.3, -0.25) is 19.3 Å². The number of anilines is 1. The molecule has 1 saturated heterocycles. The fraction of sp³-hybridized carbons (Fsp3) is 0.222. The number of amides is 2. The largest absolute Gasteiger partial charge is 0.367 e. The van der Waals surface area contributed by atoms with Crippen molar-refractivity contribution in [3.8, 4) is 0 Å². The van der Waals surface area contributed by atoms with Crippen LogP contribution in [0.15, 0.2) is 72.8 Å². The molecule has 1 fully saturated rings. The molecule has 2 atom stereocenters. The molecule has 1 heterocycles. The third-order valence-electron chi connectivity index (χ3n) is 7.25. The molecule has 5 heteroatoms. The van der Waals surface area contributed by atoms with Gasteiger partial charge in [0.25, 0.3) is 0 Å². The summed E-state index contributed by atoms with van der Waals surface area (Å²) in [7, 11) is 0. The molecule has 0 unspecified atom stereocenters. The van der Waals surface area contributed by atoms with E-state index in [0.29, 0.717) is 11.3 Å². The number of nitrogens with zero attached hydrogens (tertiary/aromatic N) is 1. The molecule has 0 spiro atoms. The summed E-state index contributed by atoms with van der Waals surface area (Å²) >= 11 is 0. The molecule has 1 aliphatic heterocycles. The first-order chi connectivity index (χ1) is 15.6. The minimum Gasteiger partial charge on any atom is -0.367 e. The molecule has 4 aliphatic rings. The zero-order valence-corrected chi connectivity index (χ0v) is 17.6. The van der Waals surface area contributed by atoms with E-state index in [1.165, 1.54) is 34.1 Å². The second-order valence-corrected chi connectivity index (χ2v) is 8.84. The van der Waals surface area contributed by atoms with Crippen LogP contribution in [0.3, 0.4) is 0 Å². The molecule has 2 amide bonds. The Morgan fingerprint density at radius 3 is 1.75 bits per heavy atom. The van der Waals surface area contributed by atoms with Gasteiger partial charge in [0.2, 0.25) is 11.8 Å². The van der Waals surface area contributed by atoms with Crippen molar-refractivity contribution in [2.24, 2.45) is 11.8 Å². The molecule has 32 heavy (non-hydrogen) atoms. The lowest BCUT2D eigenvalue weighted by atomic mass is 9.55. The van der Waals surface area contributed by atoms with E-state index in [4.69, 9.17) is 0 Å². The van der Waals surface area contributed by atoms with Gasteiger partial charge in [-0.05, 0) is 41.3 Å². The zero-order chi connectivity index (χ0) is 22.0. The molecule has 3 aromatic rings. The summed E-state index contributed by atoms with van der Waals surface area (Å²) < 4.78 is 0. The number of carbonyl (C=O) groups is 3. The first-order valence-electron chi connectivity index (χ1n) is 10.9. The van der Waals surface area contributed by atoms with Crippen LogP contribution in [0.4, 0.5) is 5.69 Å². The summed E-state index contributed by atoms with van der Waals surface area (Å²) in [5.41, 5.74) is 5.98. The Morgan fingerprint density at radius 1 is 0.781 bits per heavy atom. The molecule has 1 N–H and O–H groups in total.